The molecule has 0 saturated heterocycles. The Hall–Kier alpha value is -1.42. The molecule has 0 N–H and O–H groups in total. The van der Waals surface area contributed by atoms with E-state index in [9.17, 15) is 0 Å². The first-order chi connectivity index (χ1) is 6.45. The van der Waals surface area contributed by atoms with Gasteiger partial charge in [0.15, 0.2) is 0 Å². The summed E-state index contributed by atoms with van der Waals surface area (Å²) >= 11 is 1.86. The molecule has 3 rings (SSSR count). The lowest BCUT2D eigenvalue weighted by atomic mass is 10.2. The molecular weight excluding hydrogens is 208 g/mol. The third-order valence-corrected chi connectivity index (χ3v) is 3.44. The molecule has 4 radical (unpaired) electrons. The van der Waals surface area contributed by atoms with Gasteiger partial charge in [-0.1, -0.05) is 36.4 Å². The fourth-order valence-electron chi connectivity index (χ4n) is 1.67. The fraction of sp³-hybridized carbons (Fsp3) is 0. The summed E-state index contributed by atoms with van der Waals surface area (Å²) in [6, 6.07) is 17.1. The van der Waals surface area contributed by atoms with Crippen LogP contribution in [0.1, 0.15) is 0 Å². The minimum atomic E-state index is 0. The number of fused-ring (bicyclic) bond motifs is 3. The minimum absolute atomic E-state index is 0. The highest BCUT2D eigenvalue weighted by atomic mass is 32.1. The first-order valence-electron chi connectivity index (χ1n) is 4.31. The van der Waals surface area contributed by atoms with Gasteiger partial charge >= 0.3 is 0 Å². The molecule has 0 spiro atoms. The van der Waals surface area contributed by atoms with E-state index in [-0.39, 0.29) is 11.0 Å². The zero-order valence-electron chi connectivity index (χ0n) is 7.84. The smallest absolute Gasteiger partial charge is 0.0355 e. The van der Waals surface area contributed by atoms with Gasteiger partial charge in [-0.05, 0) is 12.1 Å². The molecule has 15 heavy (non-hydrogen) atoms. The summed E-state index contributed by atoms with van der Waals surface area (Å²) in [4.78, 5) is 0. The molecule has 0 amide bonds. The molecule has 2 aromatic carbocycles. The number of hydrogen-bond donors (Lipinski definition) is 0. The quantitative estimate of drug-likeness (QED) is 0.548. The maximum Gasteiger partial charge on any atom is 0.0355 e. The molecule has 0 fully saturated rings. The van der Waals surface area contributed by atoms with Crippen LogP contribution in [-0.2, 0) is 11.0 Å². The zero-order valence-corrected chi connectivity index (χ0v) is 8.66. The van der Waals surface area contributed by atoms with Crippen LogP contribution in [0.2, 0.25) is 0 Å². The maximum atomic E-state index is 2.19. The van der Waals surface area contributed by atoms with Crippen LogP contribution in [0.15, 0.2) is 48.5 Å². The van der Waals surface area contributed by atoms with Crippen molar-refractivity contribution in [3.8, 4) is 0 Å². The molecule has 74 valence electrons. The first-order valence-corrected chi connectivity index (χ1v) is 5.13. The van der Waals surface area contributed by atoms with Crippen molar-refractivity contribution in [2.75, 3.05) is 0 Å². The van der Waals surface area contributed by atoms with Crippen molar-refractivity contribution in [3.63, 3.8) is 0 Å². The van der Waals surface area contributed by atoms with Gasteiger partial charge < -0.3 is 0 Å². The van der Waals surface area contributed by atoms with Crippen molar-refractivity contribution in [3.05, 3.63) is 48.5 Å². The third kappa shape index (κ3) is 1.72. The van der Waals surface area contributed by atoms with Crippen molar-refractivity contribution < 1.29 is 11.0 Å². The van der Waals surface area contributed by atoms with E-state index in [0.29, 0.717) is 0 Å². The lowest BCUT2D eigenvalue weighted by molar-refractivity contribution is 0.686. The van der Waals surface area contributed by atoms with E-state index < -0.39 is 0 Å². The normalized spacial score (nSPS) is 9.60. The number of hydrogen-bond acceptors (Lipinski definition) is 1. The first kappa shape index (κ1) is 11.7. The van der Waals surface area contributed by atoms with E-state index in [1.807, 2.05) is 11.3 Å². The van der Waals surface area contributed by atoms with Crippen LogP contribution in [0.25, 0.3) is 20.2 Å². The van der Waals surface area contributed by atoms with Gasteiger partial charge in [0.05, 0.1) is 0 Å². The van der Waals surface area contributed by atoms with E-state index in [1.165, 1.54) is 20.2 Å². The van der Waals surface area contributed by atoms with Gasteiger partial charge in [0.1, 0.15) is 0 Å². The van der Waals surface area contributed by atoms with E-state index >= 15 is 0 Å². The number of rotatable bonds is 0. The lowest BCUT2D eigenvalue weighted by Gasteiger charge is -1.88. The van der Waals surface area contributed by atoms with E-state index in [2.05, 4.69) is 48.5 Å². The summed E-state index contributed by atoms with van der Waals surface area (Å²) in [6.07, 6.45) is 0. The van der Waals surface area contributed by atoms with Crippen LogP contribution in [0.5, 0.6) is 0 Å². The average Bonchev–Trinajstić information content (AvgIpc) is 2.56. The van der Waals surface area contributed by atoms with Gasteiger partial charge in [-0.15, -0.1) is 11.3 Å². The van der Waals surface area contributed by atoms with Crippen molar-refractivity contribution >= 4 is 31.5 Å². The molecule has 0 aliphatic heterocycles. The summed E-state index contributed by atoms with van der Waals surface area (Å²) < 4.78 is 2.76. The van der Waals surface area contributed by atoms with Crippen LogP contribution in [-0.4, -0.2) is 0 Å². The Balaban J connectivity index is 0.000000562. The molecule has 0 aliphatic rings. The van der Waals surface area contributed by atoms with Crippen LogP contribution < -0.4 is 0 Å². The summed E-state index contributed by atoms with van der Waals surface area (Å²) in [7, 11) is 0. The summed E-state index contributed by atoms with van der Waals surface area (Å²) in [5.74, 6) is 0. The second kappa shape index (κ2) is 4.40. The molecule has 3 heteroatoms. The fourth-order valence-corrected chi connectivity index (χ4v) is 2.78. The zero-order chi connectivity index (χ0) is 8.67. The second-order valence-electron chi connectivity index (χ2n) is 3.09. The van der Waals surface area contributed by atoms with Gasteiger partial charge in [-0.2, -0.15) is 0 Å². The largest absolute Gasteiger partial charge is 0.135 e. The monoisotopic (exact) mass is 216 g/mol. The van der Waals surface area contributed by atoms with E-state index in [4.69, 9.17) is 0 Å². The molecule has 0 unspecified atom stereocenters. The van der Waals surface area contributed by atoms with E-state index in [1.54, 1.807) is 0 Å². The Labute approximate surface area is 91.4 Å². The maximum absolute atomic E-state index is 2.19. The minimum Gasteiger partial charge on any atom is -0.135 e. The van der Waals surface area contributed by atoms with Crippen LogP contribution >= 0.6 is 11.3 Å². The summed E-state index contributed by atoms with van der Waals surface area (Å²) in [5.41, 5.74) is 0. The highest BCUT2D eigenvalue weighted by molar-refractivity contribution is 7.25. The van der Waals surface area contributed by atoms with Gasteiger partial charge in [-0.3, -0.25) is 0 Å². The third-order valence-electron chi connectivity index (χ3n) is 2.28. The highest BCUT2D eigenvalue weighted by Gasteiger charge is 2.01. The summed E-state index contributed by atoms with van der Waals surface area (Å²) in [6.45, 7) is 0. The van der Waals surface area contributed by atoms with Crippen molar-refractivity contribution in [2.45, 2.75) is 0 Å². The molecule has 0 aliphatic carbocycles. The van der Waals surface area contributed by atoms with Crippen LogP contribution in [0.3, 0.4) is 0 Å². The molecule has 0 saturated carbocycles. The van der Waals surface area contributed by atoms with Crippen molar-refractivity contribution in [1.82, 2.24) is 0 Å². The Morgan fingerprint density at radius 1 is 0.600 bits per heavy atom. The SMILES string of the molecule is [O].[O].c1ccc2c(c1)sc1ccccc12. The molecule has 2 nitrogen and oxygen atoms in total. The van der Waals surface area contributed by atoms with Crippen LogP contribution in [0.4, 0.5) is 0 Å². The Morgan fingerprint density at radius 2 is 1.00 bits per heavy atom. The predicted octanol–water partition coefficient (Wildman–Crippen LogP) is 3.82. The molecule has 1 aromatic heterocycles. The molecule has 0 bridgehead atoms. The molecule has 1 heterocycles. The van der Waals surface area contributed by atoms with Crippen molar-refractivity contribution in [2.24, 2.45) is 0 Å². The van der Waals surface area contributed by atoms with Crippen molar-refractivity contribution in [1.29, 1.82) is 0 Å². The van der Waals surface area contributed by atoms with Gasteiger partial charge in [0.25, 0.3) is 0 Å². The topological polar surface area (TPSA) is 57.0 Å². The van der Waals surface area contributed by atoms with Crippen LogP contribution in [0, 0.1) is 0 Å². The number of benzene rings is 2. The molecule has 0 atom stereocenters. The lowest BCUT2D eigenvalue weighted by Crippen LogP contribution is -1.62. The summed E-state index contributed by atoms with van der Waals surface area (Å²) in [5, 5.41) is 2.76. The molecular formula is C12H8O2S. The Morgan fingerprint density at radius 3 is 1.47 bits per heavy atom. The van der Waals surface area contributed by atoms with Gasteiger partial charge in [0.2, 0.25) is 0 Å². The highest BCUT2D eigenvalue weighted by Crippen LogP contribution is 2.32. The average molecular weight is 216 g/mol. The Bertz CT molecular complexity index is 521. The van der Waals surface area contributed by atoms with Gasteiger partial charge in [-0.25, -0.2) is 0 Å². The second-order valence-corrected chi connectivity index (χ2v) is 4.18. The standard InChI is InChI=1S/C12H8S.2O/c1-3-7-11-9(5-1)10-6-2-4-8-12(10)13-11;;/h1-8H;;. The van der Waals surface area contributed by atoms with E-state index in [0.717, 1.165) is 0 Å². The Kier molecular flexibility index (Phi) is 3.42. The van der Waals surface area contributed by atoms with Gasteiger partial charge in [0, 0.05) is 31.1 Å². The number of thiophene rings is 1. The predicted molar refractivity (Wildman–Crippen MR) is 60.7 cm³/mol. The molecule has 3 aromatic rings.